The highest BCUT2D eigenvalue weighted by atomic mass is 16.2. The second-order valence-corrected chi connectivity index (χ2v) is 6.95. The molecule has 0 radical (unpaired) electrons. The summed E-state index contributed by atoms with van der Waals surface area (Å²) in [6, 6.07) is 13.5. The Morgan fingerprint density at radius 2 is 1.93 bits per heavy atom. The van der Waals surface area contributed by atoms with Crippen molar-refractivity contribution in [1.29, 1.82) is 0 Å². The van der Waals surface area contributed by atoms with E-state index in [1.54, 1.807) is 24.1 Å². The van der Waals surface area contributed by atoms with Crippen LogP contribution < -0.4 is 16.0 Å². The first-order chi connectivity index (χ1) is 13.0. The summed E-state index contributed by atoms with van der Waals surface area (Å²) in [6.45, 7) is 3.38. The van der Waals surface area contributed by atoms with Crippen LogP contribution in [-0.4, -0.2) is 43.9 Å². The van der Waals surface area contributed by atoms with E-state index in [9.17, 15) is 9.59 Å². The number of anilines is 2. The van der Waals surface area contributed by atoms with Gasteiger partial charge >= 0.3 is 0 Å². The molecule has 6 nitrogen and oxygen atoms in total. The minimum atomic E-state index is -0.105. The lowest BCUT2D eigenvalue weighted by atomic mass is 10.0. The number of amides is 2. The Kier molecular flexibility index (Phi) is 5.76. The number of fused-ring (bicyclic) bond motifs is 1. The van der Waals surface area contributed by atoms with Crippen LogP contribution in [0.15, 0.2) is 42.5 Å². The number of hydrogen-bond donors (Lipinski definition) is 3. The molecule has 2 aromatic carbocycles. The van der Waals surface area contributed by atoms with Gasteiger partial charge in [0.1, 0.15) is 0 Å². The summed E-state index contributed by atoms with van der Waals surface area (Å²) in [4.78, 5) is 26.7. The van der Waals surface area contributed by atoms with Crippen molar-refractivity contribution in [3.05, 3.63) is 59.2 Å². The SMILES string of the molecule is CNCCN(C)C(=O)c1ccc2c(c1)NC(=O)CC(c1ccc(C)cc1)N2. The molecule has 0 saturated carbocycles. The third-order valence-electron chi connectivity index (χ3n) is 4.78. The van der Waals surface area contributed by atoms with Crippen molar-refractivity contribution in [1.82, 2.24) is 10.2 Å². The first-order valence-corrected chi connectivity index (χ1v) is 9.15. The number of nitrogens with zero attached hydrogens (tertiary/aromatic N) is 1. The molecule has 1 heterocycles. The van der Waals surface area contributed by atoms with Gasteiger partial charge in [0.15, 0.2) is 0 Å². The normalized spacial score (nSPS) is 16.0. The number of carbonyl (C=O) groups is 2. The van der Waals surface area contributed by atoms with Gasteiger partial charge in [0, 0.05) is 25.7 Å². The monoisotopic (exact) mass is 366 g/mol. The Balaban J connectivity index is 1.83. The van der Waals surface area contributed by atoms with Crippen LogP contribution in [0.3, 0.4) is 0 Å². The summed E-state index contributed by atoms with van der Waals surface area (Å²) in [5.41, 5.74) is 4.27. The maximum Gasteiger partial charge on any atom is 0.253 e. The molecule has 1 aliphatic rings. The van der Waals surface area contributed by atoms with E-state index in [1.807, 2.05) is 44.3 Å². The summed E-state index contributed by atoms with van der Waals surface area (Å²) in [5, 5.41) is 9.40. The molecular weight excluding hydrogens is 340 g/mol. The van der Waals surface area contributed by atoms with Crippen LogP contribution in [0, 0.1) is 6.92 Å². The van der Waals surface area contributed by atoms with Crippen LogP contribution in [0.25, 0.3) is 0 Å². The van der Waals surface area contributed by atoms with Crippen molar-refractivity contribution in [3.8, 4) is 0 Å². The average Bonchev–Trinajstić information content (AvgIpc) is 2.83. The molecule has 3 N–H and O–H groups in total. The van der Waals surface area contributed by atoms with Gasteiger partial charge in [-0.15, -0.1) is 0 Å². The minimum Gasteiger partial charge on any atom is -0.376 e. The predicted molar refractivity (Wildman–Crippen MR) is 108 cm³/mol. The van der Waals surface area contributed by atoms with E-state index in [0.29, 0.717) is 24.2 Å². The lowest BCUT2D eigenvalue weighted by molar-refractivity contribution is -0.116. The van der Waals surface area contributed by atoms with E-state index in [-0.39, 0.29) is 17.9 Å². The molecule has 142 valence electrons. The summed E-state index contributed by atoms with van der Waals surface area (Å²) in [7, 11) is 3.63. The van der Waals surface area contributed by atoms with E-state index >= 15 is 0 Å². The highest BCUT2D eigenvalue weighted by Crippen LogP contribution is 2.33. The summed E-state index contributed by atoms with van der Waals surface area (Å²) in [6.07, 6.45) is 0.336. The van der Waals surface area contributed by atoms with Crippen LogP contribution in [0.5, 0.6) is 0 Å². The summed E-state index contributed by atoms with van der Waals surface area (Å²) in [5.74, 6) is -0.137. The first-order valence-electron chi connectivity index (χ1n) is 9.15. The quantitative estimate of drug-likeness (QED) is 0.761. The van der Waals surface area contributed by atoms with Crippen molar-refractivity contribution in [2.24, 2.45) is 0 Å². The first kappa shape index (κ1) is 18.9. The molecule has 0 saturated heterocycles. The second kappa shape index (κ2) is 8.22. The lowest BCUT2D eigenvalue weighted by Gasteiger charge is -2.19. The summed E-state index contributed by atoms with van der Waals surface area (Å²) < 4.78 is 0. The zero-order valence-corrected chi connectivity index (χ0v) is 16.0. The van der Waals surface area contributed by atoms with Crippen LogP contribution in [0.1, 0.15) is 33.9 Å². The van der Waals surface area contributed by atoms with Crippen molar-refractivity contribution in [3.63, 3.8) is 0 Å². The number of hydrogen-bond acceptors (Lipinski definition) is 4. The molecule has 6 heteroatoms. The third kappa shape index (κ3) is 4.46. The maximum absolute atomic E-state index is 12.6. The van der Waals surface area contributed by atoms with Crippen LogP contribution in [0.2, 0.25) is 0 Å². The van der Waals surface area contributed by atoms with Crippen LogP contribution >= 0.6 is 0 Å². The molecule has 1 aliphatic heterocycles. The van der Waals surface area contributed by atoms with Gasteiger partial charge in [-0.1, -0.05) is 29.8 Å². The van der Waals surface area contributed by atoms with Gasteiger partial charge in [-0.25, -0.2) is 0 Å². The molecule has 3 rings (SSSR count). The Bertz CT molecular complexity index is 833. The van der Waals surface area contributed by atoms with Crippen molar-refractivity contribution < 1.29 is 9.59 Å². The van der Waals surface area contributed by atoms with Crippen LogP contribution in [0.4, 0.5) is 11.4 Å². The van der Waals surface area contributed by atoms with Gasteiger partial charge in [0.2, 0.25) is 5.91 Å². The van der Waals surface area contributed by atoms with Gasteiger partial charge in [-0.05, 0) is 37.7 Å². The Morgan fingerprint density at radius 3 is 2.63 bits per heavy atom. The van der Waals surface area contributed by atoms with Crippen molar-refractivity contribution in [2.45, 2.75) is 19.4 Å². The standard InChI is InChI=1S/C21H26N4O2/c1-14-4-6-15(7-5-14)18-13-20(26)24-19-12-16(8-9-17(19)23-18)21(27)25(3)11-10-22-2/h4-9,12,18,22-23H,10-11,13H2,1-3H3,(H,24,26). The molecule has 0 spiro atoms. The number of rotatable bonds is 5. The topological polar surface area (TPSA) is 73.5 Å². The number of benzene rings is 2. The van der Waals surface area contributed by atoms with Crippen molar-refractivity contribution >= 4 is 23.2 Å². The highest BCUT2D eigenvalue weighted by Gasteiger charge is 2.23. The minimum absolute atomic E-state index is 0.0679. The zero-order chi connectivity index (χ0) is 19.4. The number of nitrogens with one attached hydrogen (secondary N) is 3. The number of aryl methyl sites for hydroxylation is 1. The zero-order valence-electron chi connectivity index (χ0n) is 16.0. The molecule has 1 atom stereocenters. The molecule has 2 aromatic rings. The van der Waals surface area contributed by atoms with E-state index in [2.05, 4.69) is 16.0 Å². The third-order valence-corrected chi connectivity index (χ3v) is 4.78. The van der Waals surface area contributed by atoms with Crippen LogP contribution in [-0.2, 0) is 4.79 Å². The molecular formula is C21H26N4O2. The summed E-state index contributed by atoms with van der Waals surface area (Å²) >= 11 is 0. The maximum atomic E-state index is 12.6. The van der Waals surface area contributed by atoms with Gasteiger partial charge in [-0.3, -0.25) is 9.59 Å². The van der Waals surface area contributed by atoms with Gasteiger partial charge in [0.25, 0.3) is 5.91 Å². The van der Waals surface area contributed by atoms with Gasteiger partial charge in [-0.2, -0.15) is 0 Å². The molecule has 0 aliphatic carbocycles. The number of carbonyl (C=O) groups excluding carboxylic acids is 2. The van der Waals surface area contributed by atoms with E-state index in [1.165, 1.54) is 5.56 Å². The Hall–Kier alpha value is -2.86. The second-order valence-electron chi connectivity index (χ2n) is 6.95. The van der Waals surface area contributed by atoms with E-state index < -0.39 is 0 Å². The fraction of sp³-hybridized carbons (Fsp3) is 0.333. The molecule has 2 amide bonds. The Morgan fingerprint density at radius 1 is 1.19 bits per heavy atom. The predicted octanol–water partition coefficient (Wildman–Crippen LogP) is 2.78. The molecule has 0 fully saturated rings. The fourth-order valence-electron chi connectivity index (χ4n) is 3.13. The lowest BCUT2D eigenvalue weighted by Crippen LogP contribution is -2.32. The van der Waals surface area contributed by atoms with E-state index in [4.69, 9.17) is 0 Å². The Labute approximate surface area is 159 Å². The molecule has 0 bridgehead atoms. The van der Waals surface area contributed by atoms with Gasteiger partial charge in [0.05, 0.1) is 23.8 Å². The largest absolute Gasteiger partial charge is 0.376 e. The molecule has 0 aromatic heterocycles. The van der Waals surface area contributed by atoms with Gasteiger partial charge < -0.3 is 20.9 Å². The number of likely N-dealkylation sites (N-methyl/N-ethyl adjacent to an activating group) is 2. The highest BCUT2D eigenvalue weighted by molar-refractivity contribution is 6.01. The smallest absolute Gasteiger partial charge is 0.253 e. The molecule has 1 unspecified atom stereocenters. The van der Waals surface area contributed by atoms with E-state index in [0.717, 1.165) is 17.8 Å². The average molecular weight is 366 g/mol. The van der Waals surface area contributed by atoms with Crippen molar-refractivity contribution in [2.75, 3.05) is 37.8 Å². The molecule has 27 heavy (non-hydrogen) atoms. The fourth-order valence-corrected chi connectivity index (χ4v) is 3.13.